The van der Waals surface area contributed by atoms with E-state index in [1.165, 1.54) is 0 Å². The minimum absolute atomic E-state index is 0. The summed E-state index contributed by atoms with van der Waals surface area (Å²) in [7, 11) is 2.00. The Kier molecular flexibility index (Phi) is 8.00. The Bertz CT molecular complexity index is 529. The van der Waals surface area contributed by atoms with Crippen LogP contribution in [0, 0.1) is 0 Å². The maximum absolute atomic E-state index is 7.00. The van der Waals surface area contributed by atoms with Crippen LogP contribution in [0.4, 0.5) is 34.1 Å². The molecule has 1 heterocycles. The lowest BCUT2D eigenvalue weighted by molar-refractivity contribution is 0.399. The number of fused-ring (bicyclic) bond motifs is 2. The molecule has 8 N–H and O–H groups in total. The van der Waals surface area contributed by atoms with Crippen molar-refractivity contribution in [3.63, 3.8) is 0 Å². The number of rotatable bonds is 0. The molecule has 0 amide bonds. The Labute approximate surface area is 130 Å². The molecule has 6 nitrogen and oxygen atoms in total. The third kappa shape index (κ3) is 4.16. The third-order valence-electron chi connectivity index (χ3n) is 2.69. The van der Waals surface area contributed by atoms with Gasteiger partial charge in [-0.2, -0.15) is 0 Å². The minimum atomic E-state index is 0. The van der Waals surface area contributed by atoms with Crippen LogP contribution < -0.4 is 22.1 Å². The Morgan fingerprint density at radius 2 is 1.05 bits per heavy atom. The van der Waals surface area contributed by atoms with E-state index in [9.17, 15) is 0 Å². The number of nitrogens with one attached hydrogen (secondary N) is 2. The molecule has 21 heavy (non-hydrogen) atoms. The average molecular weight is 313 g/mol. The fourth-order valence-electron chi connectivity index (χ4n) is 1.83. The minimum Gasteiger partial charge on any atom is -0.400 e. The number of anilines is 6. The SMILES string of the molecule is CO.CO.Cl.Nc1cc2c(cc1N)Nc1ccccc1N2. The summed E-state index contributed by atoms with van der Waals surface area (Å²) in [5, 5.41) is 20.6. The first-order valence-electron chi connectivity index (χ1n) is 5.95. The van der Waals surface area contributed by atoms with E-state index in [0.717, 1.165) is 37.0 Å². The molecule has 116 valence electrons. The van der Waals surface area contributed by atoms with Gasteiger partial charge in [-0.15, -0.1) is 12.4 Å². The fraction of sp³-hybridized carbons (Fsp3) is 0.143. The van der Waals surface area contributed by atoms with Gasteiger partial charge in [0, 0.05) is 14.2 Å². The lowest BCUT2D eigenvalue weighted by atomic mass is 10.1. The highest BCUT2D eigenvalue weighted by Gasteiger charge is 2.14. The van der Waals surface area contributed by atoms with Crippen molar-refractivity contribution >= 4 is 46.5 Å². The topological polar surface area (TPSA) is 117 Å². The number of halogens is 1. The lowest BCUT2D eigenvalue weighted by Gasteiger charge is -2.23. The second-order valence-corrected chi connectivity index (χ2v) is 3.82. The normalized spacial score (nSPS) is 9.71. The number of hydrogen-bond acceptors (Lipinski definition) is 6. The molecule has 0 aliphatic carbocycles. The number of nitrogens with two attached hydrogens (primary N) is 2. The van der Waals surface area contributed by atoms with Crippen molar-refractivity contribution in [1.82, 2.24) is 0 Å². The maximum Gasteiger partial charge on any atom is 0.0646 e. The van der Waals surface area contributed by atoms with E-state index in [4.69, 9.17) is 21.7 Å². The fourth-order valence-corrected chi connectivity index (χ4v) is 1.83. The molecule has 0 atom stereocenters. The van der Waals surface area contributed by atoms with Gasteiger partial charge >= 0.3 is 0 Å². The van der Waals surface area contributed by atoms with Crippen LogP contribution in [-0.2, 0) is 0 Å². The molecule has 0 spiro atoms. The number of nitrogen functional groups attached to an aromatic ring is 2. The Morgan fingerprint density at radius 1 is 0.714 bits per heavy atom. The first-order valence-corrected chi connectivity index (χ1v) is 5.95. The summed E-state index contributed by atoms with van der Waals surface area (Å²) < 4.78 is 0. The molecule has 7 heteroatoms. The van der Waals surface area contributed by atoms with Gasteiger partial charge in [-0.3, -0.25) is 0 Å². The van der Waals surface area contributed by atoms with Gasteiger partial charge in [-0.25, -0.2) is 0 Å². The molecule has 0 saturated carbocycles. The predicted octanol–water partition coefficient (Wildman–Crippen LogP) is 2.29. The molecule has 0 radical (unpaired) electrons. The quantitative estimate of drug-likeness (QED) is 0.355. The van der Waals surface area contributed by atoms with E-state index in [-0.39, 0.29) is 12.4 Å². The van der Waals surface area contributed by atoms with Crippen LogP contribution in [-0.4, -0.2) is 24.4 Å². The van der Waals surface area contributed by atoms with Crippen molar-refractivity contribution < 1.29 is 10.2 Å². The zero-order valence-corrected chi connectivity index (χ0v) is 12.7. The third-order valence-corrected chi connectivity index (χ3v) is 2.69. The highest BCUT2D eigenvalue weighted by atomic mass is 35.5. The summed E-state index contributed by atoms with van der Waals surface area (Å²) in [6.45, 7) is 0. The second-order valence-electron chi connectivity index (χ2n) is 3.82. The van der Waals surface area contributed by atoms with Crippen LogP contribution in [0.15, 0.2) is 36.4 Å². The monoisotopic (exact) mass is 312 g/mol. The van der Waals surface area contributed by atoms with E-state index >= 15 is 0 Å². The van der Waals surface area contributed by atoms with E-state index in [2.05, 4.69) is 10.6 Å². The van der Waals surface area contributed by atoms with Crippen molar-refractivity contribution in [3.05, 3.63) is 36.4 Å². The Morgan fingerprint density at radius 3 is 1.38 bits per heavy atom. The molecule has 0 bridgehead atoms. The van der Waals surface area contributed by atoms with Crippen LogP contribution in [0.25, 0.3) is 0 Å². The number of aliphatic hydroxyl groups excluding tert-OH is 2. The van der Waals surface area contributed by atoms with Gasteiger partial charge in [0.15, 0.2) is 0 Å². The van der Waals surface area contributed by atoms with E-state index in [1.807, 2.05) is 36.4 Å². The standard InChI is InChI=1S/C12H12N4.2CH4O.ClH/c13-7-5-11-12(6-8(7)14)16-10-4-2-1-3-9(10)15-11;2*1-2;/h1-6,15-16H,13-14H2;2*2H,1H3;1H. The summed E-state index contributed by atoms with van der Waals surface area (Å²) in [6, 6.07) is 11.7. The molecule has 0 fully saturated rings. The zero-order valence-electron chi connectivity index (χ0n) is 11.9. The van der Waals surface area contributed by atoms with E-state index < -0.39 is 0 Å². The van der Waals surface area contributed by atoms with Crippen LogP contribution in [0.5, 0.6) is 0 Å². The van der Waals surface area contributed by atoms with Gasteiger partial charge < -0.3 is 32.3 Å². The number of para-hydroxylation sites is 2. The first-order chi connectivity index (χ1) is 9.74. The van der Waals surface area contributed by atoms with Crippen LogP contribution in [0.1, 0.15) is 0 Å². The van der Waals surface area contributed by atoms with Gasteiger partial charge in [0.1, 0.15) is 0 Å². The highest BCUT2D eigenvalue weighted by molar-refractivity contribution is 5.93. The lowest BCUT2D eigenvalue weighted by Crippen LogP contribution is -2.07. The number of benzene rings is 2. The predicted molar refractivity (Wildman–Crippen MR) is 91.8 cm³/mol. The smallest absolute Gasteiger partial charge is 0.0646 e. The Balaban J connectivity index is 0.000000741. The number of aliphatic hydroxyl groups is 2. The zero-order chi connectivity index (χ0) is 15.1. The molecule has 2 aromatic rings. The average Bonchev–Trinajstić information content (AvgIpc) is 2.51. The van der Waals surface area contributed by atoms with Gasteiger partial charge in [0.25, 0.3) is 0 Å². The molecule has 0 aromatic heterocycles. The van der Waals surface area contributed by atoms with Crippen LogP contribution in [0.3, 0.4) is 0 Å². The molecule has 1 aliphatic rings. The van der Waals surface area contributed by atoms with Crippen LogP contribution >= 0.6 is 12.4 Å². The van der Waals surface area contributed by atoms with Crippen molar-refractivity contribution in [2.75, 3.05) is 36.3 Å². The molecule has 2 aromatic carbocycles. The number of hydrogen-bond donors (Lipinski definition) is 6. The Hall–Kier alpha value is -2.15. The summed E-state index contributed by atoms with van der Waals surface area (Å²) in [6.07, 6.45) is 0. The molecule has 0 saturated heterocycles. The van der Waals surface area contributed by atoms with Crippen molar-refractivity contribution in [3.8, 4) is 0 Å². The first kappa shape index (κ1) is 18.9. The van der Waals surface area contributed by atoms with Crippen molar-refractivity contribution in [1.29, 1.82) is 0 Å². The summed E-state index contributed by atoms with van der Waals surface area (Å²) in [4.78, 5) is 0. The van der Waals surface area contributed by atoms with Gasteiger partial charge in [0.05, 0.1) is 34.1 Å². The molecule has 0 unspecified atom stereocenters. The van der Waals surface area contributed by atoms with Gasteiger partial charge in [-0.1, -0.05) is 12.1 Å². The molecular formula is C14H21ClN4O2. The summed E-state index contributed by atoms with van der Waals surface area (Å²) in [5.41, 5.74) is 16.7. The molecule has 1 aliphatic heterocycles. The maximum atomic E-state index is 7.00. The molecule has 3 rings (SSSR count). The largest absolute Gasteiger partial charge is 0.400 e. The van der Waals surface area contributed by atoms with E-state index in [1.54, 1.807) is 0 Å². The summed E-state index contributed by atoms with van der Waals surface area (Å²) >= 11 is 0. The van der Waals surface area contributed by atoms with Crippen molar-refractivity contribution in [2.24, 2.45) is 0 Å². The van der Waals surface area contributed by atoms with Gasteiger partial charge in [-0.05, 0) is 24.3 Å². The highest BCUT2D eigenvalue weighted by Crippen LogP contribution is 2.40. The van der Waals surface area contributed by atoms with Crippen molar-refractivity contribution in [2.45, 2.75) is 0 Å². The van der Waals surface area contributed by atoms with E-state index in [0.29, 0.717) is 11.4 Å². The second kappa shape index (κ2) is 8.91. The van der Waals surface area contributed by atoms with Crippen LogP contribution in [0.2, 0.25) is 0 Å². The van der Waals surface area contributed by atoms with Gasteiger partial charge in [0.2, 0.25) is 0 Å². The summed E-state index contributed by atoms with van der Waals surface area (Å²) in [5.74, 6) is 0. The molecular weight excluding hydrogens is 292 g/mol.